The van der Waals surface area contributed by atoms with Gasteiger partial charge in [0.05, 0.1) is 11.8 Å². The molecule has 3 heterocycles. The van der Waals surface area contributed by atoms with Crippen LogP contribution in [-0.2, 0) is 0 Å². The van der Waals surface area contributed by atoms with Crippen molar-refractivity contribution in [2.45, 2.75) is 5.03 Å². The Hall–Kier alpha value is -1.30. The molecule has 0 unspecified atom stereocenters. The Morgan fingerprint density at radius 3 is 2.74 bits per heavy atom. The summed E-state index contributed by atoms with van der Waals surface area (Å²) >= 11 is 1.57. The number of hydrogen-bond donors (Lipinski definition) is 0. The molecule has 3 rings (SSSR count). The lowest BCUT2D eigenvalue weighted by molar-refractivity contribution is 0.617. The van der Waals surface area contributed by atoms with E-state index in [1.807, 2.05) is 18.4 Å². The van der Waals surface area contributed by atoms with Crippen LogP contribution in [-0.4, -0.2) is 21.2 Å². The first-order chi connectivity index (χ1) is 8.38. The zero-order valence-corrected chi connectivity index (χ0v) is 12.4. The van der Waals surface area contributed by atoms with Crippen molar-refractivity contribution in [3.63, 3.8) is 0 Å². The van der Waals surface area contributed by atoms with Crippen LogP contribution >= 0.6 is 36.6 Å². The smallest absolute Gasteiger partial charge is 0.230 e. The van der Waals surface area contributed by atoms with Gasteiger partial charge in [-0.3, -0.25) is 4.98 Å². The standard InChI is InChI=1S/C12H9N3OS.2ClH/c1-17-12-8(3-2-5-14-12)11-15-9-7-13-6-4-10(9)16-11;;/h2-7H,1H3;2*1H. The third-order valence-electron chi connectivity index (χ3n) is 2.38. The van der Waals surface area contributed by atoms with Crippen LogP contribution in [0.4, 0.5) is 0 Å². The third kappa shape index (κ3) is 3.00. The highest BCUT2D eigenvalue weighted by Gasteiger charge is 2.12. The lowest BCUT2D eigenvalue weighted by Gasteiger charge is -2.00. The molecule has 0 bridgehead atoms. The number of pyridine rings is 2. The van der Waals surface area contributed by atoms with Crippen molar-refractivity contribution in [1.82, 2.24) is 15.0 Å². The highest BCUT2D eigenvalue weighted by molar-refractivity contribution is 7.98. The number of rotatable bonds is 2. The van der Waals surface area contributed by atoms with Gasteiger partial charge in [-0.2, -0.15) is 0 Å². The number of thioether (sulfide) groups is 1. The zero-order valence-electron chi connectivity index (χ0n) is 9.94. The number of fused-ring (bicyclic) bond motifs is 1. The quantitative estimate of drug-likeness (QED) is 0.672. The summed E-state index contributed by atoms with van der Waals surface area (Å²) in [6.45, 7) is 0. The molecule has 0 spiro atoms. The fourth-order valence-electron chi connectivity index (χ4n) is 1.61. The van der Waals surface area contributed by atoms with Gasteiger partial charge in [-0.15, -0.1) is 36.6 Å². The number of aromatic nitrogens is 3. The minimum Gasteiger partial charge on any atom is -0.436 e. The summed E-state index contributed by atoms with van der Waals surface area (Å²) < 4.78 is 5.69. The predicted octanol–water partition coefficient (Wildman–Crippen LogP) is 3.85. The molecule has 0 aliphatic rings. The first kappa shape index (κ1) is 15.8. The number of oxazole rings is 1. The summed E-state index contributed by atoms with van der Waals surface area (Å²) in [5.41, 5.74) is 2.42. The molecule has 0 amide bonds. The van der Waals surface area contributed by atoms with Crippen molar-refractivity contribution < 1.29 is 4.42 Å². The van der Waals surface area contributed by atoms with Gasteiger partial charge in [0.1, 0.15) is 10.5 Å². The van der Waals surface area contributed by atoms with Gasteiger partial charge in [0.15, 0.2) is 5.58 Å². The van der Waals surface area contributed by atoms with Gasteiger partial charge in [-0.05, 0) is 18.4 Å². The summed E-state index contributed by atoms with van der Waals surface area (Å²) in [6.07, 6.45) is 7.13. The average Bonchev–Trinajstić information content (AvgIpc) is 2.82. The molecule has 0 saturated heterocycles. The summed E-state index contributed by atoms with van der Waals surface area (Å²) in [5, 5.41) is 0.909. The summed E-state index contributed by atoms with van der Waals surface area (Å²) in [4.78, 5) is 12.7. The molecular formula is C12H11Cl2N3OS. The van der Waals surface area contributed by atoms with Gasteiger partial charge < -0.3 is 4.42 Å². The second kappa shape index (κ2) is 6.75. The maximum absolute atomic E-state index is 5.69. The SMILES string of the molecule is CSc1ncccc1-c1nc2cnccc2o1.Cl.Cl. The highest BCUT2D eigenvalue weighted by Crippen LogP contribution is 2.29. The van der Waals surface area contributed by atoms with Gasteiger partial charge >= 0.3 is 0 Å². The van der Waals surface area contributed by atoms with E-state index >= 15 is 0 Å². The molecule has 0 saturated carbocycles. The van der Waals surface area contributed by atoms with Gasteiger partial charge in [-0.1, -0.05) is 0 Å². The Bertz CT molecular complexity index is 642. The fourth-order valence-corrected chi connectivity index (χ4v) is 2.15. The van der Waals surface area contributed by atoms with Crippen molar-refractivity contribution in [2.24, 2.45) is 0 Å². The Morgan fingerprint density at radius 2 is 2.00 bits per heavy atom. The van der Waals surface area contributed by atoms with E-state index in [1.54, 1.807) is 36.4 Å². The van der Waals surface area contributed by atoms with Crippen molar-refractivity contribution >= 4 is 47.7 Å². The van der Waals surface area contributed by atoms with E-state index in [9.17, 15) is 0 Å². The second-order valence-corrected chi connectivity index (χ2v) is 4.22. The van der Waals surface area contributed by atoms with E-state index < -0.39 is 0 Å². The minimum absolute atomic E-state index is 0. The van der Waals surface area contributed by atoms with Crippen LogP contribution < -0.4 is 0 Å². The molecule has 3 aromatic rings. The van der Waals surface area contributed by atoms with Crippen molar-refractivity contribution in [3.05, 3.63) is 36.8 Å². The van der Waals surface area contributed by atoms with Crippen LogP contribution in [0, 0.1) is 0 Å². The van der Waals surface area contributed by atoms with Crippen LogP contribution in [0.15, 0.2) is 46.2 Å². The summed E-state index contributed by atoms with van der Waals surface area (Å²) in [5.74, 6) is 0.588. The van der Waals surface area contributed by atoms with E-state index in [0.717, 1.165) is 21.7 Å². The molecule has 4 nitrogen and oxygen atoms in total. The number of nitrogens with zero attached hydrogens (tertiary/aromatic N) is 3. The van der Waals surface area contributed by atoms with E-state index in [2.05, 4.69) is 15.0 Å². The molecule has 0 aliphatic carbocycles. The largest absolute Gasteiger partial charge is 0.436 e. The van der Waals surface area contributed by atoms with Gasteiger partial charge in [-0.25, -0.2) is 9.97 Å². The van der Waals surface area contributed by atoms with E-state index in [1.165, 1.54) is 0 Å². The minimum atomic E-state index is 0. The molecule has 0 atom stereocenters. The molecule has 3 aromatic heterocycles. The molecule has 0 aromatic carbocycles. The highest BCUT2D eigenvalue weighted by atomic mass is 35.5. The first-order valence-electron chi connectivity index (χ1n) is 5.08. The van der Waals surface area contributed by atoms with Crippen LogP contribution in [0.5, 0.6) is 0 Å². The van der Waals surface area contributed by atoms with Crippen molar-refractivity contribution in [2.75, 3.05) is 6.26 Å². The maximum Gasteiger partial charge on any atom is 0.230 e. The molecule has 0 radical (unpaired) electrons. The fraction of sp³-hybridized carbons (Fsp3) is 0.0833. The lowest BCUT2D eigenvalue weighted by atomic mass is 10.3. The van der Waals surface area contributed by atoms with E-state index in [4.69, 9.17) is 4.42 Å². The molecule has 0 N–H and O–H groups in total. The van der Waals surface area contributed by atoms with Gasteiger partial charge in [0.25, 0.3) is 0 Å². The third-order valence-corrected chi connectivity index (χ3v) is 3.10. The van der Waals surface area contributed by atoms with Gasteiger partial charge in [0.2, 0.25) is 5.89 Å². The van der Waals surface area contributed by atoms with Crippen LogP contribution in [0.25, 0.3) is 22.6 Å². The number of halogens is 2. The van der Waals surface area contributed by atoms with Crippen LogP contribution in [0.3, 0.4) is 0 Å². The second-order valence-electron chi connectivity index (χ2n) is 3.42. The molecule has 100 valence electrons. The van der Waals surface area contributed by atoms with Crippen LogP contribution in [0.1, 0.15) is 0 Å². The zero-order chi connectivity index (χ0) is 11.7. The molecule has 0 aliphatic heterocycles. The Labute approximate surface area is 126 Å². The van der Waals surface area contributed by atoms with E-state index in [0.29, 0.717) is 5.89 Å². The molecular weight excluding hydrogens is 305 g/mol. The van der Waals surface area contributed by atoms with Crippen molar-refractivity contribution in [1.29, 1.82) is 0 Å². The van der Waals surface area contributed by atoms with Gasteiger partial charge in [0, 0.05) is 18.5 Å². The predicted molar refractivity (Wildman–Crippen MR) is 81.3 cm³/mol. The lowest BCUT2D eigenvalue weighted by Crippen LogP contribution is -1.84. The summed E-state index contributed by atoms with van der Waals surface area (Å²) in [6, 6.07) is 5.64. The Morgan fingerprint density at radius 1 is 1.16 bits per heavy atom. The molecule has 19 heavy (non-hydrogen) atoms. The topological polar surface area (TPSA) is 51.8 Å². The monoisotopic (exact) mass is 315 g/mol. The maximum atomic E-state index is 5.69. The number of hydrogen-bond acceptors (Lipinski definition) is 5. The average molecular weight is 316 g/mol. The van der Waals surface area contributed by atoms with E-state index in [-0.39, 0.29) is 24.8 Å². The normalized spacial score (nSPS) is 9.74. The Balaban J connectivity index is 0.000000902. The summed E-state index contributed by atoms with van der Waals surface area (Å²) in [7, 11) is 0. The van der Waals surface area contributed by atoms with Crippen molar-refractivity contribution in [3.8, 4) is 11.5 Å². The first-order valence-corrected chi connectivity index (χ1v) is 6.31. The molecule has 0 fully saturated rings. The van der Waals surface area contributed by atoms with Crippen LogP contribution in [0.2, 0.25) is 0 Å². The molecule has 7 heteroatoms. The Kier molecular flexibility index (Phi) is 5.60.